The first-order chi connectivity index (χ1) is 10.1. The molecule has 1 aliphatic carbocycles. The van der Waals surface area contributed by atoms with E-state index in [4.69, 9.17) is 0 Å². The number of piperidine rings is 1. The second-order valence-corrected chi connectivity index (χ2v) is 6.43. The molecule has 2 N–H and O–H groups in total. The van der Waals surface area contributed by atoms with Crippen molar-refractivity contribution in [1.29, 1.82) is 0 Å². The van der Waals surface area contributed by atoms with Crippen LogP contribution in [0, 0.1) is 5.92 Å². The summed E-state index contributed by atoms with van der Waals surface area (Å²) in [7, 11) is 0. The molecule has 2 fully saturated rings. The Morgan fingerprint density at radius 1 is 1.24 bits per heavy atom. The predicted octanol–water partition coefficient (Wildman–Crippen LogP) is 2.99. The number of carboxylic acid groups (broad SMARTS) is 1. The first-order valence-electron chi connectivity index (χ1n) is 8.43. The van der Waals surface area contributed by atoms with E-state index in [9.17, 15) is 14.7 Å². The van der Waals surface area contributed by atoms with Crippen LogP contribution in [0.2, 0.25) is 0 Å². The van der Waals surface area contributed by atoms with Crippen molar-refractivity contribution in [2.45, 2.75) is 76.8 Å². The van der Waals surface area contributed by atoms with Crippen LogP contribution in [0.25, 0.3) is 0 Å². The number of carbonyl (C=O) groups excluding carboxylic acids is 1. The van der Waals surface area contributed by atoms with Crippen molar-refractivity contribution in [3.8, 4) is 0 Å². The van der Waals surface area contributed by atoms with Crippen LogP contribution in [0.5, 0.6) is 0 Å². The van der Waals surface area contributed by atoms with E-state index < -0.39 is 12.0 Å². The fraction of sp³-hybridized carbons (Fsp3) is 0.875. The highest BCUT2D eigenvalue weighted by Gasteiger charge is 2.36. The molecule has 0 aromatic heterocycles. The lowest BCUT2D eigenvalue weighted by Crippen LogP contribution is -2.55. The number of carboxylic acids is 1. The highest BCUT2D eigenvalue weighted by Crippen LogP contribution is 2.35. The molecule has 3 atom stereocenters. The van der Waals surface area contributed by atoms with Crippen LogP contribution in [0.15, 0.2) is 0 Å². The second-order valence-electron chi connectivity index (χ2n) is 6.43. The van der Waals surface area contributed by atoms with Gasteiger partial charge in [0.05, 0.1) is 0 Å². The standard InChI is InChI=1S/C16H28N2O3/c1-2-3-9-13(15(19)20)17-16(21)18-11-6-8-12-7-4-5-10-14(12)18/h12-14H,2-11H2,1H3,(H,17,21)(H,19,20). The fourth-order valence-corrected chi connectivity index (χ4v) is 3.77. The van der Waals surface area contributed by atoms with Gasteiger partial charge in [-0.15, -0.1) is 0 Å². The molecule has 2 amide bonds. The van der Waals surface area contributed by atoms with Crippen molar-refractivity contribution in [2.75, 3.05) is 6.54 Å². The van der Waals surface area contributed by atoms with Gasteiger partial charge in [0.2, 0.25) is 0 Å². The number of aliphatic carboxylic acids is 1. The number of carbonyl (C=O) groups is 2. The molecule has 1 saturated carbocycles. The first kappa shape index (κ1) is 16.1. The summed E-state index contributed by atoms with van der Waals surface area (Å²) >= 11 is 0. The van der Waals surface area contributed by atoms with Gasteiger partial charge in [-0.3, -0.25) is 0 Å². The van der Waals surface area contributed by atoms with Crippen molar-refractivity contribution in [1.82, 2.24) is 10.2 Å². The van der Waals surface area contributed by atoms with Crippen molar-refractivity contribution in [2.24, 2.45) is 5.92 Å². The third-order valence-electron chi connectivity index (χ3n) is 4.95. The topological polar surface area (TPSA) is 69.6 Å². The minimum absolute atomic E-state index is 0.171. The summed E-state index contributed by atoms with van der Waals surface area (Å²) in [6.45, 7) is 2.80. The van der Waals surface area contributed by atoms with E-state index >= 15 is 0 Å². The second kappa shape index (κ2) is 7.66. The number of rotatable bonds is 5. The molecule has 120 valence electrons. The number of fused-ring (bicyclic) bond motifs is 1. The molecule has 1 aliphatic heterocycles. The zero-order valence-electron chi connectivity index (χ0n) is 13.0. The zero-order chi connectivity index (χ0) is 15.2. The molecule has 0 radical (unpaired) electrons. The number of hydrogen-bond acceptors (Lipinski definition) is 2. The SMILES string of the molecule is CCCCC(NC(=O)N1CCCC2CCCCC21)C(=O)O. The van der Waals surface area contributed by atoms with Crippen LogP contribution in [0.1, 0.15) is 64.7 Å². The molecule has 5 nitrogen and oxygen atoms in total. The summed E-state index contributed by atoms with van der Waals surface area (Å²) in [5.74, 6) is -0.300. The van der Waals surface area contributed by atoms with E-state index in [1.54, 1.807) is 0 Å². The maximum atomic E-state index is 12.5. The van der Waals surface area contributed by atoms with Gasteiger partial charge in [0.15, 0.2) is 0 Å². The van der Waals surface area contributed by atoms with E-state index in [0.717, 1.165) is 32.2 Å². The molecule has 0 aromatic carbocycles. The van der Waals surface area contributed by atoms with Crippen molar-refractivity contribution in [3.63, 3.8) is 0 Å². The Bertz CT molecular complexity index is 371. The molecule has 0 bridgehead atoms. The number of unbranched alkanes of at least 4 members (excludes halogenated alkanes) is 1. The lowest BCUT2D eigenvalue weighted by atomic mass is 9.78. The molecular weight excluding hydrogens is 268 g/mol. The first-order valence-corrected chi connectivity index (χ1v) is 8.43. The number of nitrogens with one attached hydrogen (secondary N) is 1. The molecule has 0 aromatic rings. The summed E-state index contributed by atoms with van der Waals surface area (Å²) in [6, 6.07) is -0.593. The van der Waals surface area contributed by atoms with Gasteiger partial charge in [0, 0.05) is 12.6 Å². The molecule has 1 heterocycles. The fourth-order valence-electron chi connectivity index (χ4n) is 3.77. The predicted molar refractivity (Wildman–Crippen MR) is 81.2 cm³/mol. The maximum absolute atomic E-state index is 12.5. The molecular formula is C16H28N2O3. The van der Waals surface area contributed by atoms with Crippen LogP contribution in [0.3, 0.4) is 0 Å². The summed E-state index contributed by atoms with van der Waals surface area (Å²) in [5, 5.41) is 12.0. The highest BCUT2D eigenvalue weighted by atomic mass is 16.4. The number of amides is 2. The van der Waals surface area contributed by atoms with Gasteiger partial charge in [0.1, 0.15) is 6.04 Å². The molecule has 2 aliphatic rings. The van der Waals surface area contributed by atoms with Crippen LogP contribution in [-0.2, 0) is 4.79 Å². The molecule has 0 spiro atoms. The normalized spacial score (nSPS) is 26.8. The third kappa shape index (κ3) is 4.11. The Kier molecular flexibility index (Phi) is 5.88. The quantitative estimate of drug-likeness (QED) is 0.819. The molecule has 1 saturated heterocycles. The molecule has 2 rings (SSSR count). The Morgan fingerprint density at radius 3 is 2.67 bits per heavy atom. The highest BCUT2D eigenvalue weighted by molar-refractivity contribution is 5.82. The Hall–Kier alpha value is -1.26. The molecule has 3 unspecified atom stereocenters. The van der Waals surface area contributed by atoms with Crippen LogP contribution in [0.4, 0.5) is 4.79 Å². The van der Waals surface area contributed by atoms with Gasteiger partial charge >= 0.3 is 12.0 Å². The number of nitrogens with zero attached hydrogens (tertiary/aromatic N) is 1. The van der Waals surface area contributed by atoms with Crippen LogP contribution in [-0.4, -0.2) is 40.6 Å². The summed E-state index contributed by atoms with van der Waals surface area (Å²) < 4.78 is 0. The lowest BCUT2D eigenvalue weighted by Gasteiger charge is -2.44. The Labute approximate surface area is 127 Å². The maximum Gasteiger partial charge on any atom is 0.326 e. The summed E-state index contributed by atoms with van der Waals surface area (Å²) in [4.78, 5) is 25.7. The summed E-state index contributed by atoms with van der Waals surface area (Å²) in [5.41, 5.74) is 0. The van der Waals surface area contributed by atoms with E-state index in [2.05, 4.69) is 5.32 Å². The van der Waals surface area contributed by atoms with E-state index in [1.807, 2.05) is 11.8 Å². The van der Waals surface area contributed by atoms with E-state index in [0.29, 0.717) is 18.4 Å². The minimum Gasteiger partial charge on any atom is -0.480 e. The minimum atomic E-state index is -0.922. The lowest BCUT2D eigenvalue weighted by molar-refractivity contribution is -0.139. The third-order valence-corrected chi connectivity index (χ3v) is 4.95. The van der Waals surface area contributed by atoms with Gasteiger partial charge in [0.25, 0.3) is 0 Å². The van der Waals surface area contributed by atoms with Gasteiger partial charge < -0.3 is 15.3 Å². The van der Waals surface area contributed by atoms with Gasteiger partial charge in [-0.1, -0.05) is 32.6 Å². The van der Waals surface area contributed by atoms with Crippen LogP contribution < -0.4 is 5.32 Å². The van der Waals surface area contributed by atoms with Gasteiger partial charge in [-0.2, -0.15) is 0 Å². The van der Waals surface area contributed by atoms with Crippen molar-refractivity contribution >= 4 is 12.0 Å². The average Bonchev–Trinajstić information content (AvgIpc) is 2.50. The number of hydrogen-bond donors (Lipinski definition) is 2. The number of likely N-dealkylation sites (tertiary alicyclic amines) is 1. The van der Waals surface area contributed by atoms with Gasteiger partial charge in [-0.25, -0.2) is 9.59 Å². The zero-order valence-corrected chi connectivity index (χ0v) is 13.0. The Morgan fingerprint density at radius 2 is 1.95 bits per heavy atom. The largest absolute Gasteiger partial charge is 0.480 e. The van der Waals surface area contributed by atoms with Crippen molar-refractivity contribution < 1.29 is 14.7 Å². The summed E-state index contributed by atoms with van der Waals surface area (Å²) in [6.07, 6.45) is 9.27. The van der Waals surface area contributed by atoms with Gasteiger partial charge in [-0.05, 0) is 38.0 Å². The van der Waals surface area contributed by atoms with Crippen molar-refractivity contribution in [3.05, 3.63) is 0 Å². The average molecular weight is 296 g/mol. The number of urea groups is 1. The van der Waals surface area contributed by atoms with E-state index in [1.165, 1.54) is 25.7 Å². The smallest absolute Gasteiger partial charge is 0.326 e. The molecule has 5 heteroatoms. The Balaban J connectivity index is 1.95. The monoisotopic (exact) mass is 296 g/mol. The van der Waals surface area contributed by atoms with Crippen LogP contribution >= 0.6 is 0 Å². The van der Waals surface area contributed by atoms with E-state index in [-0.39, 0.29) is 6.03 Å². The molecule has 21 heavy (non-hydrogen) atoms.